The summed E-state index contributed by atoms with van der Waals surface area (Å²) < 4.78 is 5.51. The molecule has 2 fully saturated rings. The Kier molecular flexibility index (Phi) is 6.11. The van der Waals surface area contributed by atoms with Crippen molar-refractivity contribution < 1.29 is 4.74 Å². The van der Waals surface area contributed by atoms with E-state index in [0.29, 0.717) is 6.04 Å². The van der Waals surface area contributed by atoms with Crippen molar-refractivity contribution in [2.24, 2.45) is 0 Å². The van der Waals surface area contributed by atoms with Crippen LogP contribution in [0.1, 0.15) is 31.2 Å². The lowest BCUT2D eigenvalue weighted by Gasteiger charge is -2.37. The Balaban J connectivity index is 1.33. The predicted octanol–water partition coefficient (Wildman–Crippen LogP) is 4.31. The fraction of sp³-hybridized carbons (Fsp3) is 0.480. The number of hydrogen-bond donors (Lipinski definition) is 1. The van der Waals surface area contributed by atoms with Crippen molar-refractivity contribution in [1.82, 2.24) is 20.0 Å². The van der Waals surface area contributed by atoms with Crippen LogP contribution >= 0.6 is 0 Å². The van der Waals surface area contributed by atoms with Crippen LogP contribution in [-0.2, 0) is 11.3 Å². The number of nitrogens with zero attached hydrogens (tertiary/aromatic N) is 3. The van der Waals surface area contributed by atoms with Crippen molar-refractivity contribution in [3.05, 3.63) is 54.2 Å². The first-order valence-electron chi connectivity index (χ1n) is 11.4. The zero-order valence-corrected chi connectivity index (χ0v) is 17.7. The number of fused-ring (bicyclic) bond motifs is 1. The number of hydrogen-bond acceptors (Lipinski definition) is 4. The lowest BCUT2D eigenvalue weighted by atomic mass is 9.96. The van der Waals surface area contributed by atoms with Gasteiger partial charge in [-0.1, -0.05) is 48.9 Å². The summed E-state index contributed by atoms with van der Waals surface area (Å²) in [6.07, 6.45) is 7.25. The molecule has 0 aliphatic carbocycles. The molecule has 5 nitrogen and oxygen atoms in total. The van der Waals surface area contributed by atoms with E-state index in [1.54, 1.807) is 0 Å². The molecule has 5 heteroatoms. The monoisotopic (exact) mass is 404 g/mol. The SMILES string of the molecule is c1ccc2c(-c3[nH]ncc3CN3CCCC[C@H]3CCN3CCOCC3)cccc2c1. The van der Waals surface area contributed by atoms with E-state index in [0.717, 1.165) is 32.8 Å². The molecule has 0 amide bonds. The highest BCUT2D eigenvalue weighted by atomic mass is 16.5. The molecule has 0 spiro atoms. The van der Waals surface area contributed by atoms with Crippen LogP contribution in [0.5, 0.6) is 0 Å². The predicted molar refractivity (Wildman–Crippen MR) is 121 cm³/mol. The van der Waals surface area contributed by atoms with Gasteiger partial charge in [0.1, 0.15) is 0 Å². The van der Waals surface area contributed by atoms with Gasteiger partial charge >= 0.3 is 0 Å². The zero-order chi connectivity index (χ0) is 20.2. The molecule has 1 N–H and O–H groups in total. The number of morpholine rings is 1. The van der Waals surface area contributed by atoms with Gasteiger partial charge in [-0.25, -0.2) is 0 Å². The number of piperidine rings is 1. The maximum atomic E-state index is 5.51. The van der Waals surface area contributed by atoms with Gasteiger partial charge < -0.3 is 4.74 Å². The van der Waals surface area contributed by atoms with Gasteiger partial charge in [-0.15, -0.1) is 0 Å². The van der Waals surface area contributed by atoms with Gasteiger partial charge in [0.15, 0.2) is 0 Å². The van der Waals surface area contributed by atoms with Crippen molar-refractivity contribution in [2.45, 2.75) is 38.3 Å². The van der Waals surface area contributed by atoms with Gasteiger partial charge in [-0.2, -0.15) is 5.10 Å². The standard InChI is InChI=1S/C25H32N4O/c1-2-9-23-20(6-1)7-5-10-24(23)25-21(18-26-27-25)19-29-12-4-3-8-22(29)11-13-28-14-16-30-17-15-28/h1-2,5-7,9-10,18,22H,3-4,8,11-17,19H2,(H,26,27)/t22-/m0/s1. The van der Waals surface area contributed by atoms with Crippen LogP contribution in [0.4, 0.5) is 0 Å². The number of likely N-dealkylation sites (tertiary alicyclic amines) is 1. The summed E-state index contributed by atoms with van der Waals surface area (Å²) in [5.74, 6) is 0. The molecule has 2 aromatic carbocycles. The van der Waals surface area contributed by atoms with Crippen LogP contribution in [0.2, 0.25) is 0 Å². The van der Waals surface area contributed by atoms with Gasteiger partial charge in [-0.3, -0.25) is 14.9 Å². The van der Waals surface area contributed by atoms with Crippen molar-refractivity contribution in [2.75, 3.05) is 39.4 Å². The molecule has 1 atom stereocenters. The van der Waals surface area contributed by atoms with Gasteiger partial charge in [0.25, 0.3) is 0 Å². The topological polar surface area (TPSA) is 44.4 Å². The average Bonchev–Trinajstić information content (AvgIpc) is 3.27. The summed E-state index contributed by atoms with van der Waals surface area (Å²) in [6.45, 7) is 7.29. The Bertz CT molecular complexity index is 957. The number of rotatable bonds is 6. The van der Waals surface area contributed by atoms with E-state index in [4.69, 9.17) is 4.74 Å². The summed E-state index contributed by atoms with van der Waals surface area (Å²) in [4.78, 5) is 5.26. The van der Waals surface area contributed by atoms with E-state index in [9.17, 15) is 0 Å². The van der Waals surface area contributed by atoms with Crippen LogP contribution in [0.15, 0.2) is 48.7 Å². The minimum absolute atomic E-state index is 0.664. The van der Waals surface area contributed by atoms with Crippen molar-refractivity contribution in [1.29, 1.82) is 0 Å². The van der Waals surface area contributed by atoms with E-state index in [1.807, 2.05) is 6.20 Å². The molecule has 5 rings (SSSR count). The summed E-state index contributed by atoms with van der Waals surface area (Å²) in [5.41, 5.74) is 3.73. The third-order valence-corrected chi connectivity index (χ3v) is 6.78. The van der Waals surface area contributed by atoms with Crippen molar-refractivity contribution in [3.8, 4) is 11.3 Å². The van der Waals surface area contributed by atoms with Crippen LogP contribution in [-0.4, -0.2) is 65.4 Å². The number of H-pyrrole nitrogens is 1. The number of aromatic nitrogens is 2. The molecule has 0 radical (unpaired) electrons. The van der Waals surface area contributed by atoms with E-state index in [1.165, 1.54) is 66.4 Å². The fourth-order valence-corrected chi connectivity index (χ4v) is 5.08. The summed E-state index contributed by atoms with van der Waals surface area (Å²) in [7, 11) is 0. The summed E-state index contributed by atoms with van der Waals surface area (Å²) in [5, 5.41) is 10.3. The first kappa shape index (κ1) is 19.7. The lowest BCUT2D eigenvalue weighted by Crippen LogP contribution is -2.43. The Morgan fingerprint density at radius 1 is 1.00 bits per heavy atom. The molecule has 3 heterocycles. The van der Waals surface area contributed by atoms with Gasteiger partial charge in [0.05, 0.1) is 25.1 Å². The highest BCUT2D eigenvalue weighted by molar-refractivity contribution is 5.96. The van der Waals surface area contributed by atoms with E-state index in [-0.39, 0.29) is 0 Å². The molecule has 0 saturated carbocycles. The van der Waals surface area contributed by atoms with E-state index < -0.39 is 0 Å². The highest BCUT2D eigenvalue weighted by Gasteiger charge is 2.25. The Morgan fingerprint density at radius 2 is 1.87 bits per heavy atom. The normalized spacial score (nSPS) is 21.3. The zero-order valence-electron chi connectivity index (χ0n) is 17.7. The molecule has 0 unspecified atom stereocenters. The lowest BCUT2D eigenvalue weighted by molar-refractivity contribution is 0.0302. The third-order valence-electron chi connectivity index (χ3n) is 6.78. The minimum atomic E-state index is 0.664. The van der Waals surface area contributed by atoms with Gasteiger partial charge in [-0.05, 0) is 43.1 Å². The molecule has 2 aliphatic rings. The van der Waals surface area contributed by atoms with Crippen molar-refractivity contribution >= 4 is 10.8 Å². The second-order valence-corrected chi connectivity index (χ2v) is 8.66. The van der Waals surface area contributed by atoms with Crippen LogP contribution in [0.25, 0.3) is 22.0 Å². The summed E-state index contributed by atoms with van der Waals surface area (Å²) in [6, 6.07) is 15.8. The Morgan fingerprint density at radius 3 is 2.80 bits per heavy atom. The maximum absolute atomic E-state index is 5.51. The van der Waals surface area contributed by atoms with Crippen LogP contribution < -0.4 is 0 Å². The molecule has 2 saturated heterocycles. The first-order valence-corrected chi connectivity index (χ1v) is 11.4. The largest absolute Gasteiger partial charge is 0.379 e. The van der Waals surface area contributed by atoms with Crippen LogP contribution in [0.3, 0.4) is 0 Å². The minimum Gasteiger partial charge on any atom is -0.379 e. The Hall–Kier alpha value is -2.21. The molecular formula is C25H32N4O. The summed E-state index contributed by atoms with van der Waals surface area (Å²) >= 11 is 0. The number of ether oxygens (including phenoxy) is 1. The second-order valence-electron chi connectivity index (χ2n) is 8.66. The smallest absolute Gasteiger partial charge is 0.0701 e. The molecular weight excluding hydrogens is 372 g/mol. The third kappa shape index (κ3) is 4.29. The highest BCUT2D eigenvalue weighted by Crippen LogP contribution is 2.31. The molecule has 3 aromatic rings. The molecule has 1 aromatic heterocycles. The average molecular weight is 405 g/mol. The molecule has 158 valence electrons. The van der Waals surface area contributed by atoms with Crippen molar-refractivity contribution in [3.63, 3.8) is 0 Å². The number of aromatic amines is 1. The number of benzene rings is 2. The maximum Gasteiger partial charge on any atom is 0.0701 e. The molecule has 2 aliphatic heterocycles. The van der Waals surface area contributed by atoms with Gasteiger partial charge in [0, 0.05) is 36.8 Å². The van der Waals surface area contributed by atoms with E-state index >= 15 is 0 Å². The fourth-order valence-electron chi connectivity index (χ4n) is 5.08. The first-order chi connectivity index (χ1) is 14.9. The quantitative estimate of drug-likeness (QED) is 0.665. The second kappa shape index (κ2) is 9.29. The van der Waals surface area contributed by atoms with Gasteiger partial charge in [0.2, 0.25) is 0 Å². The molecule has 0 bridgehead atoms. The number of nitrogens with one attached hydrogen (secondary N) is 1. The van der Waals surface area contributed by atoms with E-state index in [2.05, 4.69) is 62.5 Å². The Labute approximate surface area is 179 Å². The molecule has 30 heavy (non-hydrogen) atoms. The van der Waals surface area contributed by atoms with Crippen LogP contribution in [0, 0.1) is 0 Å².